The Morgan fingerprint density at radius 1 is 1.28 bits per heavy atom. The number of hydrogen-bond donors (Lipinski definition) is 1. The lowest BCUT2D eigenvalue weighted by Gasteiger charge is -2.56. The molecule has 3 atom stereocenters. The second kappa shape index (κ2) is 7.46. The fourth-order valence-corrected chi connectivity index (χ4v) is 4.42. The van der Waals surface area contributed by atoms with E-state index in [0.29, 0.717) is 6.61 Å². The van der Waals surface area contributed by atoms with Crippen LogP contribution in [0.4, 0.5) is 0 Å². The summed E-state index contributed by atoms with van der Waals surface area (Å²) in [6.07, 6.45) is 3.31. The molecule has 1 heterocycles. The van der Waals surface area contributed by atoms with Crippen LogP contribution in [-0.2, 0) is 16.0 Å². The summed E-state index contributed by atoms with van der Waals surface area (Å²) in [6, 6.07) is 8.38. The maximum Gasteiger partial charge on any atom is 0.229 e. The van der Waals surface area contributed by atoms with Crippen LogP contribution in [0, 0.1) is 5.41 Å². The zero-order chi connectivity index (χ0) is 18.0. The molecule has 2 aliphatic rings. The number of piperidine rings is 1. The molecule has 1 amide bonds. The van der Waals surface area contributed by atoms with Crippen molar-refractivity contribution in [1.82, 2.24) is 4.90 Å². The van der Waals surface area contributed by atoms with Crippen molar-refractivity contribution in [2.45, 2.75) is 64.6 Å². The van der Waals surface area contributed by atoms with E-state index in [4.69, 9.17) is 4.74 Å². The maximum atomic E-state index is 12.9. The Labute approximate surface area is 151 Å². The van der Waals surface area contributed by atoms with Gasteiger partial charge in [-0.1, -0.05) is 31.2 Å². The summed E-state index contributed by atoms with van der Waals surface area (Å²) >= 11 is 0. The molecule has 3 rings (SSSR count). The third-order valence-corrected chi connectivity index (χ3v) is 6.37. The summed E-state index contributed by atoms with van der Waals surface area (Å²) in [7, 11) is 0. The summed E-state index contributed by atoms with van der Waals surface area (Å²) in [5.41, 5.74) is 2.25. The van der Waals surface area contributed by atoms with E-state index in [1.165, 1.54) is 5.56 Å². The molecule has 1 aliphatic heterocycles. The molecule has 1 saturated carbocycles. The predicted octanol–water partition coefficient (Wildman–Crippen LogP) is 3.13. The van der Waals surface area contributed by atoms with E-state index in [2.05, 4.69) is 31.2 Å². The molecule has 4 nitrogen and oxygen atoms in total. The Kier molecular flexibility index (Phi) is 5.49. The second-order valence-electron chi connectivity index (χ2n) is 7.57. The van der Waals surface area contributed by atoms with Gasteiger partial charge in [-0.3, -0.25) is 4.79 Å². The van der Waals surface area contributed by atoms with Gasteiger partial charge in [0.25, 0.3) is 0 Å². The summed E-state index contributed by atoms with van der Waals surface area (Å²) < 4.78 is 5.81. The van der Waals surface area contributed by atoms with Crippen LogP contribution in [0.3, 0.4) is 0 Å². The molecule has 3 unspecified atom stereocenters. The lowest BCUT2D eigenvalue weighted by molar-refractivity contribution is -0.210. The number of carbonyl (C=O) groups is 1. The number of ether oxygens (including phenoxy) is 1. The normalized spacial score (nSPS) is 26.3. The molecule has 25 heavy (non-hydrogen) atoms. The largest absolute Gasteiger partial charge is 0.392 e. The molecule has 1 N–H and O–H groups in total. The van der Waals surface area contributed by atoms with Crippen molar-refractivity contribution in [2.75, 3.05) is 19.7 Å². The number of aliphatic hydroxyl groups is 1. The average Bonchev–Trinajstić information content (AvgIpc) is 2.67. The number of aryl methyl sites for hydroxylation is 1. The van der Waals surface area contributed by atoms with Gasteiger partial charge in [0.1, 0.15) is 0 Å². The minimum atomic E-state index is -0.277. The Balaban J connectivity index is 1.61. The van der Waals surface area contributed by atoms with E-state index in [1.54, 1.807) is 0 Å². The highest BCUT2D eigenvalue weighted by molar-refractivity contribution is 5.83. The number of hydrogen-bond acceptors (Lipinski definition) is 3. The van der Waals surface area contributed by atoms with Crippen LogP contribution in [0.15, 0.2) is 24.3 Å². The number of rotatable bonds is 5. The highest BCUT2D eigenvalue weighted by Gasteiger charge is 2.56. The molecule has 0 bridgehead atoms. The molecular formula is C21H31NO3. The summed E-state index contributed by atoms with van der Waals surface area (Å²) in [4.78, 5) is 14.9. The van der Waals surface area contributed by atoms with Crippen molar-refractivity contribution in [3.63, 3.8) is 0 Å². The Morgan fingerprint density at radius 3 is 2.44 bits per heavy atom. The molecular weight excluding hydrogens is 314 g/mol. The maximum absolute atomic E-state index is 12.9. The van der Waals surface area contributed by atoms with Gasteiger partial charge in [-0.2, -0.15) is 0 Å². The van der Waals surface area contributed by atoms with Gasteiger partial charge in [-0.25, -0.2) is 0 Å². The van der Waals surface area contributed by atoms with Crippen LogP contribution in [0.1, 0.15) is 57.1 Å². The van der Waals surface area contributed by atoms with Crippen LogP contribution in [0.5, 0.6) is 0 Å². The Bertz CT molecular complexity index is 588. The van der Waals surface area contributed by atoms with Gasteiger partial charge in [0.05, 0.1) is 18.1 Å². The summed E-state index contributed by atoms with van der Waals surface area (Å²) in [6.45, 7) is 8.26. The van der Waals surface area contributed by atoms with Gasteiger partial charge in [0, 0.05) is 31.5 Å². The molecule has 1 aliphatic carbocycles. The van der Waals surface area contributed by atoms with E-state index in [0.717, 1.165) is 44.3 Å². The van der Waals surface area contributed by atoms with E-state index in [9.17, 15) is 9.90 Å². The van der Waals surface area contributed by atoms with Crippen LogP contribution < -0.4 is 0 Å². The van der Waals surface area contributed by atoms with Crippen molar-refractivity contribution in [1.29, 1.82) is 0 Å². The molecule has 1 aromatic carbocycles. The fraction of sp³-hybridized carbons (Fsp3) is 0.667. The first-order valence-corrected chi connectivity index (χ1v) is 9.69. The van der Waals surface area contributed by atoms with Crippen molar-refractivity contribution in [2.24, 2.45) is 5.41 Å². The summed E-state index contributed by atoms with van der Waals surface area (Å²) in [5, 5.41) is 10.3. The smallest absolute Gasteiger partial charge is 0.229 e. The highest BCUT2D eigenvalue weighted by atomic mass is 16.5. The third-order valence-electron chi connectivity index (χ3n) is 6.37. The van der Waals surface area contributed by atoms with Gasteiger partial charge in [-0.05, 0) is 44.2 Å². The van der Waals surface area contributed by atoms with Crippen LogP contribution in [0.2, 0.25) is 0 Å². The van der Waals surface area contributed by atoms with Gasteiger partial charge in [-0.15, -0.1) is 0 Å². The standard InChI is InChI=1S/C21H31NO3/c1-4-16-6-8-17(9-7-16)15(3)20(24)22-12-10-21(11-13-22)18(23)14-19(21)25-5-2/h6-9,15,18-19,23H,4-5,10-14H2,1-3H3. The molecule has 0 aromatic heterocycles. The van der Waals surface area contributed by atoms with Gasteiger partial charge in [0.2, 0.25) is 5.91 Å². The fourth-order valence-electron chi connectivity index (χ4n) is 4.42. The van der Waals surface area contributed by atoms with Crippen molar-refractivity contribution >= 4 is 5.91 Å². The average molecular weight is 345 g/mol. The monoisotopic (exact) mass is 345 g/mol. The molecule has 1 spiro atoms. The number of carbonyl (C=O) groups excluding carboxylic acids is 1. The number of likely N-dealkylation sites (tertiary alicyclic amines) is 1. The lowest BCUT2D eigenvalue weighted by atomic mass is 9.58. The van der Waals surface area contributed by atoms with Crippen LogP contribution in [-0.4, -0.2) is 47.8 Å². The molecule has 1 aromatic rings. The Hall–Kier alpha value is -1.39. The molecule has 2 fully saturated rings. The van der Waals surface area contributed by atoms with Gasteiger partial charge < -0.3 is 14.7 Å². The molecule has 4 heteroatoms. The number of aliphatic hydroxyl groups excluding tert-OH is 1. The van der Waals surface area contributed by atoms with Gasteiger partial charge in [0.15, 0.2) is 0 Å². The van der Waals surface area contributed by atoms with E-state index >= 15 is 0 Å². The van der Waals surface area contributed by atoms with Crippen LogP contribution >= 0.6 is 0 Å². The van der Waals surface area contributed by atoms with E-state index in [-0.39, 0.29) is 29.4 Å². The summed E-state index contributed by atoms with van der Waals surface area (Å²) in [5.74, 6) is 0.0785. The topological polar surface area (TPSA) is 49.8 Å². The molecule has 0 radical (unpaired) electrons. The van der Waals surface area contributed by atoms with Crippen molar-refractivity contribution < 1.29 is 14.6 Å². The molecule has 138 valence electrons. The van der Waals surface area contributed by atoms with Crippen molar-refractivity contribution in [3.8, 4) is 0 Å². The van der Waals surface area contributed by atoms with Crippen molar-refractivity contribution in [3.05, 3.63) is 35.4 Å². The minimum Gasteiger partial charge on any atom is -0.392 e. The zero-order valence-corrected chi connectivity index (χ0v) is 15.7. The van der Waals surface area contributed by atoms with Crippen LogP contribution in [0.25, 0.3) is 0 Å². The lowest BCUT2D eigenvalue weighted by Crippen LogP contribution is -2.62. The third kappa shape index (κ3) is 3.34. The number of benzene rings is 1. The first kappa shape index (κ1) is 18.4. The molecule has 1 saturated heterocycles. The SMILES string of the molecule is CCOC1CC(O)C12CCN(C(=O)C(C)c1ccc(CC)cc1)CC2. The first-order chi connectivity index (χ1) is 12.0. The van der Waals surface area contributed by atoms with Gasteiger partial charge >= 0.3 is 0 Å². The zero-order valence-electron chi connectivity index (χ0n) is 15.7. The van der Waals surface area contributed by atoms with E-state index < -0.39 is 0 Å². The quantitative estimate of drug-likeness (QED) is 0.892. The second-order valence-corrected chi connectivity index (χ2v) is 7.57. The Morgan fingerprint density at radius 2 is 1.92 bits per heavy atom. The minimum absolute atomic E-state index is 0.117. The number of nitrogens with zero attached hydrogens (tertiary/aromatic N) is 1. The number of amides is 1. The first-order valence-electron chi connectivity index (χ1n) is 9.69. The van der Waals surface area contributed by atoms with E-state index in [1.807, 2.05) is 18.7 Å². The highest BCUT2D eigenvalue weighted by Crippen LogP contribution is 2.51. The predicted molar refractivity (Wildman–Crippen MR) is 98.5 cm³/mol.